The van der Waals surface area contributed by atoms with Gasteiger partial charge in [-0.25, -0.2) is 4.39 Å². The van der Waals surface area contributed by atoms with Gasteiger partial charge in [0, 0.05) is 18.7 Å². The van der Waals surface area contributed by atoms with Gasteiger partial charge in [-0.3, -0.25) is 0 Å². The molecule has 0 saturated carbocycles. The highest BCUT2D eigenvalue weighted by Crippen LogP contribution is 2.37. The number of benzene rings is 3. The lowest BCUT2D eigenvalue weighted by Crippen LogP contribution is -2.13. The third-order valence-electron chi connectivity index (χ3n) is 4.53. The molecule has 3 rings (SSSR count). The topological polar surface area (TPSA) is 39.7 Å². The van der Waals surface area contributed by atoms with Gasteiger partial charge >= 0.3 is 0 Å². The second kappa shape index (κ2) is 10.5. The molecule has 0 unspecified atom stereocenters. The number of hydrogen-bond acceptors (Lipinski definition) is 4. The van der Waals surface area contributed by atoms with Crippen LogP contribution in [-0.4, -0.2) is 14.2 Å². The lowest BCUT2D eigenvalue weighted by atomic mass is 10.1. The molecule has 0 fully saturated rings. The van der Waals surface area contributed by atoms with E-state index < -0.39 is 5.82 Å². The molecule has 0 atom stereocenters. The zero-order valence-electron chi connectivity index (χ0n) is 16.7. The number of methoxy groups -OCH3 is 2. The Kier molecular flexibility index (Phi) is 7.80. The predicted octanol–water partition coefficient (Wildman–Crippen LogP) is 6.02. The first-order chi connectivity index (χ1) is 14.5. The van der Waals surface area contributed by atoms with Crippen molar-refractivity contribution in [2.45, 2.75) is 19.7 Å². The summed E-state index contributed by atoms with van der Waals surface area (Å²) in [5.41, 5.74) is 2.33. The fraction of sp³-hybridized carbons (Fsp3) is 0.217. The highest BCUT2D eigenvalue weighted by Gasteiger charge is 2.15. The number of halogens is 3. The quantitative estimate of drug-likeness (QED) is 0.433. The van der Waals surface area contributed by atoms with Crippen molar-refractivity contribution in [2.24, 2.45) is 0 Å². The molecule has 30 heavy (non-hydrogen) atoms. The molecule has 0 aromatic heterocycles. The van der Waals surface area contributed by atoms with Crippen molar-refractivity contribution in [2.75, 3.05) is 14.2 Å². The number of ether oxygens (including phenoxy) is 3. The van der Waals surface area contributed by atoms with Crippen LogP contribution in [0.5, 0.6) is 17.2 Å². The Balaban J connectivity index is 1.65. The average molecular weight is 450 g/mol. The summed E-state index contributed by atoms with van der Waals surface area (Å²) >= 11 is 12.5. The van der Waals surface area contributed by atoms with Crippen LogP contribution in [0.4, 0.5) is 4.39 Å². The molecule has 0 aliphatic rings. The van der Waals surface area contributed by atoms with Gasteiger partial charge in [-0.1, -0.05) is 41.4 Å². The summed E-state index contributed by atoms with van der Waals surface area (Å²) in [4.78, 5) is 0. The molecule has 1 N–H and O–H groups in total. The second-order valence-electron chi connectivity index (χ2n) is 6.55. The molecular weight excluding hydrogens is 428 g/mol. The van der Waals surface area contributed by atoms with Gasteiger partial charge in [0.15, 0.2) is 11.5 Å². The van der Waals surface area contributed by atoms with E-state index in [0.29, 0.717) is 34.6 Å². The zero-order chi connectivity index (χ0) is 21.5. The number of hydrogen-bond donors (Lipinski definition) is 1. The van der Waals surface area contributed by atoms with Crippen molar-refractivity contribution in [3.63, 3.8) is 0 Å². The Labute approximate surface area is 185 Å². The van der Waals surface area contributed by atoms with Gasteiger partial charge in [0.1, 0.15) is 18.2 Å². The Morgan fingerprint density at radius 3 is 2.27 bits per heavy atom. The third kappa shape index (κ3) is 5.57. The van der Waals surface area contributed by atoms with E-state index in [2.05, 4.69) is 5.32 Å². The Hall–Kier alpha value is -2.47. The molecule has 158 valence electrons. The minimum atomic E-state index is -0.433. The monoisotopic (exact) mass is 449 g/mol. The van der Waals surface area contributed by atoms with Gasteiger partial charge in [0.25, 0.3) is 0 Å². The van der Waals surface area contributed by atoms with Crippen LogP contribution >= 0.6 is 23.2 Å². The van der Waals surface area contributed by atoms with Gasteiger partial charge < -0.3 is 19.5 Å². The first kappa shape index (κ1) is 22.2. The minimum Gasteiger partial charge on any atom is -0.497 e. The normalized spacial score (nSPS) is 10.7. The van der Waals surface area contributed by atoms with Crippen molar-refractivity contribution in [3.05, 3.63) is 87.2 Å². The molecule has 0 spiro atoms. The molecule has 0 bridgehead atoms. The van der Waals surface area contributed by atoms with Gasteiger partial charge in [-0.15, -0.1) is 0 Å². The maximum Gasteiger partial charge on any atom is 0.180 e. The van der Waals surface area contributed by atoms with Crippen LogP contribution in [-0.2, 0) is 19.7 Å². The fourth-order valence-corrected chi connectivity index (χ4v) is 3.43. The Morgan fingerprint density at radius 2 is 1.60 bits per heavy atom. The van der Waals surface area contributed by atoms with Crippen molar-refractivity contribution >= 4 is 23.2 Å². The lowest BCUT2D eigenvalue weighted by molar-refractivity contribution is 0.280. The van der Waals surface area contributed by atoms with E-state index in [0.717, 1.165) is 16.9 Å². The van der Waals surface area contributed by atoms with Crippen LogP contribution in [0.2, 0.25) is 10.0 Å². The van der Waals surface area contributed by atoms with E-state index in [9.17, 15) is 4.39 Å². The predicted molar refractivity (Wildman–Crippen MR) is 117 cm³/mol. The van der Waals surface area contributed by atoms with Crippen molar-refractivity contribution in [1.82, 2.24) is 5.32 Å². The van der Waals surface area contributed by atoms with Gasteiger partial charge in [0.05, 0.1) is 24.3 Å². The van der Waals surface area contributed by atoms with E-state index in [1.54, 1.807) is 25.3 Å². The zero-order valence-corrected chi connectivity index (χ0v) is 18.2. The average Bonchev–Trinajstić information content (AvgIpc) is 2.74. The molecule has 0 saturated heterocycles. The molecule has 4 nitrogen and oxygen atoms in total. The van der Waals surface area contributed by atoms with Crippen LogP contribution in [0, 0.1) is 5.82 Å². The van der Waals surface area contributed by atoms with Crippen LogP contribution in [0.1, 0.15) is 16.7 Å². The van der Waals surface area contributed by atoms with Crippen molar-refractivity contribution in [1.29, 1.82) is 0 Å². The van der Waals surface area contributed by atoms with Crippen molar-refractivity contribution < 1.29 is 18.6 Å². The molecule has 3 aromatic carbocycles. The van der Waals surface area contributed by atoms with E-state index in [4.69, 9.17) is 37.4 Å². The molecule has 0 aliphatic heterocycles. The molecular formula is C23H22Cl2FNO3. The van der Waals surface area contributed by atoms with E-state index in [-0.39, 0.29) is 12.2 Å². The summed E-state index contributed by atoms with van der Waals surface area (Å²) in [5, 5.41) is 4.04. The van der Waals surface area contributed by atoms with Gasteiger partial charge in [-0.2, -0.15) is 0 Å². The summed E-state index contributed by atoms with van der Waals surface area (Å²) in [6, 6.07) is 16.0. The standard InChI is InChI=1S/C23H22Cl2FNO3/c1-28-17-8-6-15(7-9-17)12-27-13-16-10-20(25)23(22(11-16)29-2)30-14-18-19(24)4-3-5-21(18)26/h3-11,27H,12-14H2,1-2H3. The van der Waals surface area contributed by atoms with Crippen LogP contribution in [0.3, 0.4) is 0 Å². The summed E-state index contributed by atoms with van der Waals surface area (Å²) < 4.78 is 30.3. The fourth-order valence-electron chi connectivity index (χ4n) is 2.92. The second-order valence-corrected chi connectivity index (χ2v) is 7.36. The third-order valence-corrected chi connectivity index (χ3v) is 5.16. The van der Waals surface area contributed by atoms with Crippen LogP contribution in [0.15, 0.2) is 54.6 Å². The van der Waals surface area contributed by atoms with Crippen molar-refractivity contribution in [3.8, 4) is 17.2 Å². The van der Waals surface area contributed by atoms with Gasteiger partial charge in [0.2, 0.25) is 0 Å². The molecule has 7 heteroatoms. The minimum absolute atomic E-state index is 0.0589. The maximum absolute atomic E-state index is 14.0. The van der Waals surface area contributed by atoms with Crippen LogP contribution < -0.4 is 19.5 Å². The lowest BCUT2D eigenvalue weighted by Gasteiger charge is -2.15. The van der Waals surface area contributed by atoms with Gasteiger partial charge in [-0.05, 0) is 47.5 Å². The molecule has 0 heterocycles. The maximum atomic E-state index is 14.0. The SMILES string of the molecule is COc1ccc(CNCc2cc(Cl)c(OCc3c(F)cccc3Cl)c(OC)c2)cc1. The number of nitrogens with one attached hydrogen (secondary N) is 1. The highest BCUT2D eigenvalue weighted by molar-refractivity contribution is 6.32. The van der Waals surface area contributed by atoms with E-state index >= 15 is 0 Å². The first-order valence-corrected chi connectivity index (χ1v) is 10.0. The van der Waals surface area contributed by atoms with Crippen LogP contribution in [0.25, 0.3) is 0 Å². The number of rotatable bonds is 9. The molecule has 0 radical (unpaired) electrons. The summed E-state index contributed by atoms with van der Waals surface area (Å²) in [6.07, 6.45) is 0. The largest absolute Gasteiger partial charge is 0.497 e. The smallest absolute Gasteiger partial charge is 0.180 e. The molecule has 0 aliphatic carbocycles. The Morgan fingerprint density at radius 1 is 0.867 bits per heavy atom. The summed E-state index contributed by atoms with van der Waals surface area (Å²) in [7, 11) is 3.17. The Bertz CT molecular complexity index is 976. The highest BCUT2D eigenvalue weighted by atomic mass is 35.5. The summed E-state index contributed by atoms with van der Waals surface area (Å²) in [5.74, 6) is 1.20. The molecule has 0 amide bonds. The van der Waals surface area contributed by atoms with E-state index in [1.165, 1.54) is 13.2 Å². The first-order valence-electron chi connectivity index (χ1n) is 9.27. The van der Waals surface area contributed by atoms with E-state index in [1.807, 2.05) is 30.3 Å². The summed E-state index contributed by atoms with van der Waals surface area (Å²) in [6.45, 7) is 1.21. The molecule has 3 aromatic rings.